The molecule has 1 aromatic carbocycles. The number of rotatable bonds is 4. The van der Waals surface area contributed by atoms with Crippen molar-refractivity contribution in [3.63, 3.8) is 0 Å². The van der Waals surface area contributed by atoms with Gasteiger partial charge in [0.05, 0.1) is 18.3 Å². The molecule has 9 nitrogen and oxygen atoms in total. The van der Waals surface area contributed by atoms with Gasteiger partial charge in [0.2, 0.25) is 0 Å². The van der Waals surface area contributed by atoms with Crippen LogP contribution < -0.4 is 10.1 Å². The Balaban J connectivity index is 1.51. The van der Waals surface area contributed by atoms with Gasteiger partial charge < -0.3 is 19.7 Å². The van der Waals surface area contributed by atoms with Crippen LogP contribution in [0.3, 0.4) is 0 Å². The average Bonchev–Trinajstić information content (AvgIpc) is 2.77. The van der Waals surface area contributed by atoms with Crippen LogP contribution in [0.15, 0.2) is 30.7 Å². The zero-order valence-electron chi connectivity index (χ0n) is 16.0. The highest BCUT2D eigenvalue weighted by Crippen LogP contribution is 2.26. The number of nitrogens with one attached hydrogen (secondary N) is 1. The third kappa shape index (κ3) is 4.33. The van der Waals surface area contributed by atoms with E-state index in [-0.39, 0.29) is 23.2 Å². The summed E-state index contributed by atoms with van der Waals surface area (Å²) in [6.07, 6.45) is 3.74. The normalized spacial score (nSPS) is 14.6. The minimum Gasteiger partial charge on any atom is -0.460 e. The second-order valence-electron chi connectivity index (χ2n) is 6.64. The molecule has 0 spiro atoms. The summed E-state index contributed by atoms with van der Waals surface area (Å²) in [5.74, 6) is -0.0959. The maximum atomic E-state index is 13.4. The molecule has 0 atom stereocenters. The van der Waals surface area contributed by atoms with Crippen LogP contribution in [0.1, 0.15) is 12.8 Å². The minimum absolute atomic E-state index is 0.00435. The van der Waals surface area contributed by atoms with Crippen molar-refractivity contribution < 1.29 is 18.7 Å². The molecule has 1 N–H and O–H groups in total. The summed E-state index contributed by atoms with van der Waals surface area (Å²) in [5, 5.41) is 3.06. The first-order valence-corrected chi connectivity index (χ1v) is 9.60. The van der Waals surface area contributed by atoms with Crippen LogP contribution in [0.2, 0.25) is 5.02 Å². The van der Waals surface area contributed by atoms with Crippen molar-refractivity contribution >= 4 is 40.2 Å². The molecule has 2 aromatic heterocycles. The van der Waals surface area contributed by atoms with Gasteiger partial charge in [-0.2, -0.15) is 4.98 Å². The van der Waals surface area contributed by atoms with Gasteiger partial charge in [-0.25, -0.2) is 24.1 Å². The van der Waals surface area contributed by atoms with Crippen LogP contribution >= 0.6 is 11.6 Å². The summed E-state index contributed by atoms with van der Waals surface area (Å²) in [4.78, 5) is 30.3. The van der Waals surface area contributed by atoms with E-state index >= 15 is 0 Å². The van der Waals surface area contributed by atoms with Crippen LogP contribution in [-0.2, 0) is 4.74 Å². The molecule has 3 heterocycles. The van der Waals surface area contributed by atoms with E-state index in [2.05, 4.69) is 25.3 Å². The number of hydrogen-bond acceptors (Lipinski definition) is 8. The quantitative estimate of drug-likeness (QED) is 0.667. The minimum atomic E-state index is -0.508. The molecule has 1 amide bonds. The van der Waals surface area contributed by atoms with Crippen molar-refractivity contribution in [1.29, 1.82) is 0 Å². The Morgan fingerprint density at radius 3 is 2.80 bits per heavy atom. The molecule has 4 rings (SSSR count). The van der Waals surface area contributed by atoms with Crippen LogP contribution in [0.25, 0.3) is 11.0 Å². The number of ether oxygens (including phenoxy) is 2. The lowest BCUT2D eigenvalue weighted by atomic mass is 10.1. The number of fused-ring (bicyclic) bond motifs is 1. The topological polar surface area (TPSA) is 102 Å². The van der Waals surface area contributed by atoms with E-state index < -0.39 is 5.82 Å². The molecule has 0 radical (unpaired) electrons. The van der Waals surface area contributed by atoms with Gasteiger partial charge in [-0.05, 0) is 18.2 Å². The van der Waals surface area contributed by atoms with E-state index in [0.717, 1.165) is 0 Å². The number of anilines is 2. The van der Waals surface area contributed by atoms with Crippen molar-refractivity contribution in [3.05, 3.63) is 41.6 Å². The van der Waals surface area contributed by atoms with E-state index in [1.54, 1.807) is 17.2 Å². The van der Waals surface area contributed by atoms with Gasteiger partial charge in [0.15, 0.2) is 5.82 Å². The summed E-state index contributed by atoms with van der Waals surface area (Å²) < 4.78 is 24.1. The lowest BCUT2D eigenvalue weighted by Gasteiger charge is -2.30. The SMILES string of the molecule is COC(=O)N1CCC(Oc2ncc3ncnc(Nc4ccc(F)c(Cl)c4)c3n2)CC1. The van der Waals surface area contributed by atoms with Gasteiger partial charge in [-0.3, -0.25) is 0 Å². The van der Waals surface area contributed by atoms with Crippen LogP contribution in [0.4, 0.5) is 20.7 Å². The van der Waals surface area contributed by atoms with Gasteiger partial charge in [0, 0.05) is 31.6 Å². The van der Waals surface area contributed by atoms with Gasteiger partial charge >= 0.3 is 12.1 Å². The predicted molar refractivity (Wildman–Crippen MR) is 107 cm³/mol. The first kappa shape index (κ1) is 20.0. The summed E-state index contributed by atoms with van der Waals surface area (Å²) in [5.41, 5.74) is 1.53. The number of halogens is 2. The summed E-state index contributed by atoms with van der Waals surface area (Å²) >= 11 is 5.85. The standard InChI is InChI=1S/C19H18ClFN6O3/c1-29-19(28)27-6-4-12(5-7-27)30-18-22-9-15-16(26-18)17(24-10-23-15)25-11-2-3-14(21)13(20)8-11/h2-3,8-10,12H,4-7H2,1H3,(H,23,24,25). The molecule has 1 saturated heterocycles. The van der Waals surface area contributed by atoms with Crippen molar-refractivity contribution in [2.75, 3.05) is 25.5 Å². The van der Waals surface area contributed by atoms with E-state index in [9.17, 15) is 9.18 Å². The number of hydrogen-bond donors (Lipinski definition) is 1. The fourth-order valence-electron chi connectivity index (χ4n) is 3.13. The molecule has 30 heavy (non-hydrogen) atoms. The van der Waals surface area contributed by atoms with Crippen LogP contribution in [0, 0.1) is 5.82 Å². The highest BCUT2D eigenvalue weighted by atomic mass is 35.5. The Hall–Kier alpha value is -3.27. The zero-order valence-corrected chi connectivity index (χ0v) is 16.8. The predicted octanol–water partition coefficient (Wildman–Crippen LogP) is 3.57. The Morgan fingerprint density at radius 1 is 1.27 bits per heavy atom. The van der Waals surface area contributed by atoms with Crippen molar-refractivity contribution in [3.8, 4) is 6.01 Å². The van der Waals surface area contributed by atoms with Crippen molar-refractivity contribution in [2.45, 2.75) is 18.9 Å². The van der Waals surface area contributed by atoms with Crippen molar-refractivity contribution in [1.82, 2.24) is 24.8 Å². The number of carbonyl (C=O) groups is 1. The summed E-state index contributed by atoms with van der Waals surface area (Å²) in [6.45, 7) is 1.07. The molecule has 156 valence electrons. The Labute approximate surface area is 176 Å². The fourth-order valence-corrected chi connectivity index (χ4v) is 3.31. The number of carbonyl (C=O) groups excluding carboxylic acids is 1. The lowest BCUT2D eigenvalue weighted by molar-refractivity contribution is 0.0752. The van der Waals surface area contributed by atoms with Gasteiger partial charge in [0.25, 0.3) is 0 Å². The second-order valence-corrected chi connectivity index (χ2v) is 7.04. The second kappa shape index (κ2) is 8.62. The highest BCUT2D eigenvalue weighted by Gasteiger charge is 2.25. The number of methoxy groups -OCH3 is 1. The van der Waals surface area contributed by atoms with E-state index in [0.29, 0.717) is 48.5 Å². The molecule has 11 heteroatoms. The molecular weight excluding hydrogens is 415 g/mol. The molecule has 3 aromatic rings. The van der Waals surface area contributed by atoms with E-state index in [1.165, 1.54) is 25.6 Å². The highest BCUT2D eigenvalue weighted by molar-refractivity contribution is 6.31. The maximum Gasteiger partial charge on any atom is 0.409 e. The number of benzene rings is 1. The molecule has 0 bridgehead atoms. The van der Waals surface area contributed by atoms with Gasteiger partial charge in [0.1, 0.15) is 29.3 Å². The van der Waals surface area contributed by atoms with Crippen LogP contribution in [0.5, 0.6) is 6.01 Å². The Kier molecular flexibility index (Phi) is 5.75. The largest absolute Gasteiger partial charge is 0.460 e. The molecule has 0 unspecified atom stereocenters. The molecular formula is C19H18ClFN6O3. The third-order valence-electron chi connectivity index (χ3n) is 4.68. The van der Waals surface area contributed by atoms with Gasteiger partial charge in [-0.1, -0.05) is 11.6 Å². The summed E-state index contributed by atoms with van der Waals surface area (Å²) in [6, 6.07) is 4.45. The summed E-state index contributed by atoms with van der Waals surface area (Å²) in [7, 11) is 1.36. The zero-order chi connectivity index (χ0) is 21.1. The number of piperidine rings is 1. The Bertz CT molecular complexity index is 1080. The molecule has 1 aliphatic rings. The van der Waals surface area contributed by atoms with Crippen molar-refractivity contribution in [2.24, 2.45) is 0 Å². The lowest BCUT2D eigenvalue weighted by Crippen LogP contribution is -2.41. The van der Waals surface area contributed by atoms with Crippen LogP contribution in [-0.4, -0.2) is 57.2 Å². The average molecular weight is 433 g/mol. The third-order valence-corrected chi connectivity index (χ3v) is 4.97. The molecule has 1 fully saturated rings. The first-order valence-electron chi connectivity index (χ1n) is 9.23. The number of aromatic nitrogens is 4. The first-order chi connectivity index (χ1) is 14.5. The number of likely N-dealkylation sites (tertiary alicyclic amines) is 1. The monoisotopic (exact) mass is 432 g/mol. The molecule has 0 saturated carbocycles. The van der Waals surface area contributed by atoms with E-state index in [4.69, 9.17) is 21.1 Å². The number of nitrogens with zero attached hydrogens (tertiary/aromatic N) is 5. The maximum absolute atomic E-state index is 13.4. The molecule has 0 aliphatic carbocycles. The van der Waals surface area contributed by atoms with Gasteiger partial charge in [-0.15, -0.1) is 0 Å². The molecule has 1 aliphatic heterocycles. The fraction of sp³-hybridized carbons (Fsp3) is 0.316. The Morgan fingerprint density at radius 2 is 2.07 bits per heavy atom. The number of amides is 1. The smallest absolute Gasteiger partial charge is 0.409 e. The van der Waals surface area contributed by atoms with E-state index in [1.807, 2.05) is 0 Å².